The molecule has 1 aliphatic heterocycles. The molecule has 0 atom stereocenters. The number of hydrogen-bond donors (Lipinski definition) is 0. The van der Waals surface area contributed by atoms with Crippen LogP contribution in [0.2, 0.25) is 0 Å². The van der Waals surface area contributed by atoms with Crippen LogP contribution in [-0.2, 0) is 27.3 Å². The number of rotatable bonds is 5. The summed E-state index contributed by atoms with van der Waals surface area (Å²) >= 11 is 0. The number of benzene rings is 1. The van der Waals surface area contributed by atoms with Gasteiger partial charge in [-0.1, -0.05) is 30.3 Å². The molecule has 1 aromatic heterocycles. The van der Waals surface area contributed by atoms with Gasteiger partial charge in [0.1, 0.15) is 12.2 Å². The van der Waals surface area contributed by atoms with Crippen LogP contribution in [0.3, 0.4) is 0 Å². The largest absolute Gasteiger partial charge is 0.460 e. The number of nitrogens with zero attached hydrogens (tertiary/aromatic N) is 4. The van der Waals surface area contributed by atoms with E-state index in [9.17, 15) is 9.59 Å². The first-order chi connectivity index (χ1) is 14.3. The molecule has 8 heteroatoms. The van der Waals surface area contributed by atoms with Gasteiger partial charge in [0.05, 0.1) is 6.42 Å². The molecule has 1 aromatic carbocycles. The van der Waals surface area contributed by atoms with Gasteiger partial charge < -0.3 is 19.3 Å². The summed E-state index contributed by atoms with van der Waals surface area (Å²) in [4.78, 5) is 36.6. The van der Waals surface area contributed by atoms with Gasteiger partial charge in [-0.2, -0.15) is 0 Å². The van der Waals surface area contributed by atoms with Gasteiger partial charge in [0, 0.05) is 44.1 Å². The molecule has 30 heavy (non-hydrogen) atoms. The van der Waals surface area contributed by atoms with Crippen molar-refractivity contribution in [1.82, 2.24) is 14.9 Å². The van der Waals surface area contributed by atoms with Crippen molar-refractivity contribution in [3.05, 3.63) is 53.9 Å². The predicted molar refractivity (Wildman–Crippen MR) is 112 cm³/mol. The van der Waals surface area contributed by atoms with E-state index in [0.29, 0.717) is 37.7 Å². The molecule has 1 saturated heterocycles. The molecule has 1 amide bonds. The minimum atomic E-state index is -0.514. The highest BCUT2D eigenvalue weighted by atomic mass is 16.6. The fourth-order valence-corrected chi connectivity index (χ4v) is 3.05. The number of piperazine rings is 1. The molecule has 160 valence electrons. The second-order valence-corrected chi connectivity index (χ2v) is 8.17. The highest BCUT2D eigenvalue weighted by molar-refractivity contribution is 5.72. The lowest BCUT2D eigenvalue weighted by Crippen LogP contribution is -2.49. The lowest BCUT2D eigenvalue weighted by Gasteiger charge is -2.34. The predicted octanol–water partition coefficient (Wildman–Crippen LogP) is 2.82. The van der Waals surface area contributed by atoms with Gasteiger partial charge in [-0.05, 0) is 26.3 Å². The number of carbonyl (C=O) groups is 2. The molecule has 0 N–H and O–H groups in total. The first kappa shape index (κ1) is 21.5. The third-order valence-corrected chi connectivity index (χ3v) is 4.49. The summed E-state index contributed by atoms with van der Waals surface area (Å²) < 4.78 is 10.7. The minimum Gasteiger partial charge on any atom is -0.460 e. The van der Waals surface area contributed by atoms with Gasteiger partial charge in [-0.25, -0.2) is 14.8 Å². The molecule has 0 radical (unpaired) electrons. The van der Waals surface area contributed by atoms with Crippen LogP contribution in [0.4, 0.5) is 10.7 Å². The average Bonchev–Trinajstić information content (AvgIpc) is 2.72. The Balaban J connectivity index is 1.45. The maximum Gasteiger partial charge on any atom is 0.410 e. The molecule has 0 unspecified atom stereocenters. The molecule has 2 heterocycles. The van der Waals surface area contributed by atoms with E-state index in [4.69, 9.17) is 9.47 Å². The second-order valence-electron chi connectivity index (χ2n) is 8.17. The lowest BCUT2D eigenvalue weighted by molar-refractivity contribution is -0.153. The topological polar surface area (TPSA) is 84.9 Å². The van der Waals surface area contributed by atoms with Crippen LogP contribution >= 0.6 is 0 Å². The Morgan fingerprint density at radius 2 is 1.60 bits per heavy atom. The van der Waals surface area contributed by atoms with E-state index in [2.05, 4.69) is 9.97 Å². The Kier molecular flexibility index (Phi) is 6.87. The van der Waals surface area contributed by atoms with Crippen LogP contribution in [0, 0.1) is 0 Å². The maximum absolute atomic E-state index is 12.3. The van der Waals surface area contributed by atoms with Crippen molar-refractivity contribution in [2.45, 2.75) is 39.4 Å². The summed E-state index contributed by atoms with van der Waals surface area (Å²) in [6, 6.07) is 9.61. The van der Waals surface area contributed by atoms with Gasteiger partial charge in [0.25, 0.3) is 0 Å². The fraction of sp³-hybridized carbons (Fsp3) is 0.455. The van der Waals surface area contributed by atoms with E-state index in [-0.39, 0.29) is 25.1 Å². The minimum absolute atomic E-state index is 0.137. The molecule has 0 bridgehead atoms. The molecule has 2 aromatic rings. The van der Waals surface area contributed by atoms with Crippen molar-refractivity contribution in [2.24, 2.45) is 0 Å². The van der Waals surface area contributed by atoms with Gasteiger partial charge in [-0.3, -0.25) is 4.79 Å². The van der Waals surface area contributed by atoms with Crippen molar-refractivity contribution in [3.8, 4) is 0 Å². The highest BCUT2D eigenvalue weighted by Crippen LogP contribution is 2.14. The average molecular weight is 412 g/mol. The monoisotopic (exact) mass is 412 g/mol. The Morgan fingerprint density at radius 1 is 0.967 bits per heavy atom. The summed E-state index contributed by atoms with van der Waals surface area (Å²) in [6.45, 7) is 8.08. The van der Waals surface area contributed by atoms with Crippen molar-refractivity contribution >= 4 is 18.0 Å². The van der Waals surface area contributed by atoms with Gasteiger partial charge in [0.15, 0.2) is 0 Å². The third kappa shape index (κ3) is 6.43. The standard InChI is InChI=1S/C22H28N4O4/c1-22(2,3)30-19(27)13-18-14-23-20(24-15-18)25-9-11-26(12-10-25)21(28)29-16-17-7-5-4-6-8-17/h4-8,14-15H,9-13,16H2,1-3H3. The Labute approximate surface area is 176 Å². The molecule has 1 aliphatic rings. The zero-order chi connectivity index (χ0) is 21.6. The molecular formula is C22H28N4O4. The molecule has 0 aliphatic carbocycles. The smallest absolute Gasteiger partial charge is 0.410 e. The Hall–Kier alpha value is -3.16. The summed E-state index contributed by atoms with van der Waals surface area (Å²) in [7, 11) is 0. The van der Waals surface area contributed by atoms with Gasteiger partial charge >= 0.3 is 12.1 Å². The maximum atomic E-state index is 12.3. The van der Waals surface area contributed by atoms with E-state index in [0.717, 1.165) is 5.56 Å². The summed E-state index contributed by atoms with van der Waals surface area (Å²) in [5.74, 6) is 0.279. The van der Waals surface area contributed by atoms with E-state index >= 15 is 0 Å². The Bertz CT molecular complexity index is 842. The third-order valence-electron chi connectivity index (χ3n) is 4.49. The van der Waals surface area contributed by atoms with E-state index in [1.165, 1.54) is 0 Å². The number of aromatic nitrogens is 2. The van der Waals surface area contributed by atoms with E-state index in [1.807, 2.05) is 56.0 Å². The zero-order valence-corrected chi connectivity index (χ0v) is 17.7. The first-order valence-electron chi connectivity index (χ1n) is 10.0. The lowest BCUT2D eigenvalue weighted by atomic mass is 10.2. The van der Waals surface area contributed by atoms with E-state index in [1.54, 1.807) is 17.3 Å². The SMILES string of the molecule is CC(C)(C)OC(=O)Cc1cnc(N2CCN(C(=O)OCc3ccccc3)CC2)nc1. The van der Waals surface area contributed by atoms with Crippen molar-refractivity contribution < 1.29 is 19.1 Å². The van der Waals surface area contributed by atoms with E-state index < -0.39 is 5.60 Å². The number of carbonyl (C=O) groups excluding carboxylic acids is 2. The number of hydrogen-bond acceptors (Lipinski definition) is 7. The Morgan fingerprint density at radius 3 is 2.20 bits per heavy atom. The zero-order valence-electron chi connectivity index (χ0n) is 17.7. The van der Waals surface area contributed by atoms with Crippen molar-refractivity contribution in [3.63, 3.8) is 0 Å². The van der Waals surface area contributed by atoms with Crippen LogP contribution in [0.5, 0.6) is 0 Å². The number of ether oxygens (including phenoxy) is 2. The second kappa shape index (κ2) is 9.56. The summed E-state index contributed by atoms with van der Waals surface area (Å²) in [6.07, 6.45) is 3.12. The van der Waals surface area contributed by atoms with Gasteiger partial charge in [0.2, 0.25) is 5.95 Å². The summed E-state index contributed by atoms with van der Waals surface area (Å²) in [5, 5.41) is 0. The van der Waals surface area contributed by atoms with Crippen LogP contribution in [0.25, 0.3) is 0 Å². The molecule has 0 spiro atoms. The fourth-order valence-electron chi connectivity index (χ4n) is 3.05. The van der Waals surface area contributed by atoms with Crippen LogP contribution in [0.15, 0.2) is 42.7 Å². The van der Waals surface area contributed by atoms with Gasteiger partial charge in [-0.15, -0.1) is 0 Å². The van der Waals surface area contributed by atoms with Crippen molar-refractivity contribution in [2.75, 3.05) is 31.1 Å². The van der Waals surface area contributed by atoms with Crippen LogP contribution in [0.1, 0.15) is 31.9 Å². The molecule has 8 nitrogen and oxygen atoms in total. The molecule has 0 saturated carbocycles. The molecule has 1 fully saturated rings. The highest BCUT2D eigenvalue weighted by Gasteiger charge is 2.24. The molecular weight excluding hydrogens is 384 g/mol. The number of esters is 1. The summed E-state index contributed by atoms with van der Waals surface area (Å²) in [5.41, 5.74) is 1.15. The quantitative estimate of drug-likeness (QED) is 0.698. The van der Waals surface area contributed by atoms with Crippen molar-refractivity contribution in [1.29, 1.82) is 0 Å². The van der Waals surface area contributed by atoms with Crippen LogP contribution in [-0.4, -0.2) is 58.7 Å². The number of anilines is 1. The normalized spacial score (nSPS) is 14.4. The first-order valence-corrected chi connectivity index (χ1v) is 10.0. The van der Waals surface area contributed by atoms with Crippen LogP contribution < -0.4 is 4.90 Å². The number of amides is 1. The molecule has 3 rings (SSSR count).